The lowest BCUT2D eigenvalue weighted by Crippen LogP contribution is -2.52. The van der Waals surface area contributed by atoms with E-state index in [2.05, 4.69) is 17.2 Å². The van der Waals surface area contributed by atoms with Crippen molar-refractivity contribution in [3.8, 4) is 11.8 Å². The number of aliphatic hydroxyl groups is 2. The maximum atomic E-state index is 12.5. The van der Waals surface area contributed by atoms with E-state index in [1.807, 2.05) is 0 Å². The van der Waals surface area contributed by atoms with Crippen molar-refractivity contribution in [2.45, 2.75) is 31.7 Å². The molecule has 0 aliphatic carbocycles. The summed E-state index contributed by atoms with van der Waals surface area (Å²) in [5, 5.41) is 19.8. The van der Waals surface area contributed by atoms with Crippen LogP contribution in [0, 0.1) is 11.8 Å². The van der Waals surface area contributed by atoms with Gasteiger partial charge in [-0.15, -0.1) is 0 Å². The molecule has 1 fully saturated rings. The number of aliphatic hydroxyl groups excluding tert-OH is 1. The van der Waals surface area contributed by atoms with Gasteiger partial charge < -0.3 is 15.1 Å². The Balaban J connectivity index is 1.84. The van der Waals surface area contributed by atoms with Gasteiger partial charge in [-0.2, -0.15) is 0 Å². The van der Waals surface area contributed by atoms with Crippen LogP contribution in [0.5, 0.6) is 0 Å². The standard InChI is InChI=1S/C16H14N2O5/c19-13-5-4-12(15(22)17-13)18-8-10-3-1-9(2-6-14(20)21)7-11(10)16(18)23/h1,3,7,12,14,20-21H,4-5,8H2,(H,17,19,22). The number of rotatable bonds is 1. The van der Waals surface area contributed by atoms with Gasteiger partial charge in [0, 0.05) is 24.1 Å². The van der Waals surface area contributed by atoms with Gasteiger partial charge >= 0.3 is 0 Å². The Hall–Kier alpha value is -2.69. The summed E-state index contributed by atoms with van der Waals surface area (Å²) >= 11 is 0. The molecular formula is C16H14N2O5. The molecule has 7 heteroatoms. The molecule has 23 heavy (non-hydrogen) atoms. The van der Waals surface area contributed by atoms with Crippen molar-refractivity contribution in [3.63, 3.8) is 0 Å². The summed E-state index contributed by atoms with van der Waals surface area (Å²) in [7, 11) is 0. The molecule has 2 aliphatic heterocycles. The second-order valence-corrected chi connectivity index (χ2v) is 5.41. The first kappa shape index (κ1) is 15.2. The van der Waals surface area contributed by atoms with Crippen LogP contribution in [-0.2, 0) is 16.1 Å². The number of carbonyl (C=O) groups excluding carboxylic acids is 3. The second kappa shape index (κ2) is 5.83. The van der Waals surface area contributed by atoms with Crippen molar-refractivity contribution in [2.24, 2.45) is 0 Å². The van der Waals surface area contributed by atoms with E-state index in [4.69, 9.17) is 10.2 Å². The minimum absolute atomic E-state index is 0.210. The van der Waals surface area contributed by atoms with E-state index in [1.54, 1.807) is 18.2 Å². The Kier molecular flexibility index (Phi) is 3.86. The molecule has 0 bridgehead atoms. The number of piperidine rings is 1. The predicted octanol–water partition coefficient (Wildman–Crippen LogP) is -0.890. The minimum atomic E-state index is -1.74. The number of benzene rings is 1. The second-order valence-electron chi connectivity index (χ2n) is 5.41. The number of hydrogen-bond donors (Lipinski definition) is 3. The van der Waals surface area contributed by atoms with Crippen molar-refractivity contribution in [3.05, 3.63) is 34.9 Å². The summed E-state index contributed by atoms with van der Waals surface area (Å²) < 4.78 is 0. The van der Waals surface area contributed by atoms with Crippen LogP contribution in [0.15, 0.2) is 18.2 Å². The lowest BCUT2D eigenvalue weighted by atomic mass is 10.0. The quantitative estimate of drug-likeness (QED) is 0.354. The van der Waals surface area contributed by atoms with E-state index in [1.165, 1.54) is 4.90 Å². The zero-order valence-electron chi connectivity index (χ0n) is 12.1. The van der Waals surface area contributed by atoms with Crippen molar-refractivity contribution in [1.29, 1.82) is 0 Å². The number of imide groups is 1. The van der Waals surface area contributed by atoms with Crippen LogP contribution in [-0.4, -0.2) is 45.2 Å². The molecule has 1 aromatic carbocycles. The van der Waals surface area contributed by atoms with Crippen LogP contribution in [0.4, 0.5) is 0 Å². The molecule has 3 N–H and O–H groups in total. The van der Waals surface area contributed by atoms with Crippen molar-refractivity contribution in [1.82, 2.24) is 10.2 Å². The Morgan fingerprint density at radius 2 is 2.04 bits per heavy atom. The van der Waals surface area contributed by atoms with E-state index in [-0.39, 0.29) is 18.2 Å². The zero-order valence-corrected chi connectivity index (χ0v) is 12.1. The molecule has 7 nitrogen and oxygen atoms in total. The van der Waals surface area contributed by atoms with Crippen molar-refractivity contribution < 1.29 is 24.6 Å². The Morgan fingerprint density at radius 1 is 1.26 bits per heavy atom. The molecule has 0 saturated carbocycles. The van der Waals surface area contributed by atoms with Crippen molar-refractivity contribution >= 4 is 17.7 Å². The van der Waals surface area contributed by atoms with Crippen LogP contribution in [0.2, 0.25) is 0 Å². The summed E-state index contributed by atoms with van der Waals surface area (Å²) in [6.07, 6.45) is -1.21. The van der Waals surface area contributed by atoms with E-state index in [0.717, 1.165) is 5.56 Å². The number of hydrogen-bond acceptors (Lipinski definition) is 5. The van der Waals surface area contributed by atoms with Crippen LogP contribution < -0.4 is 5.32 Å². The lowest BCUT2D eigenvalue weighted by Gasteiger charge is -2.29. The maximum absolute atomic E-state index is 12.5. The van der Waals surface area contributed by atoms with Gasteiger partial charge in [-0.05, 0) is 30.0 Å². The first-order valence-electron chi connectivity index (χ1n) is 7.11. The molecule has 2 aliphatic rings. The Bertz CT molecular complexity index is 759. The molecule has 1 atom stereocenters. The lowest BCUT2D eigenvalue weighted by molar-refractivity contribution is -0.136. The highest BCUT2D eigenvalue weighted by Crippen LogP contribution is 2.27. The molecule has 1 aromatic rings. The summed E-state index contributed by atoms with van der Waals surface area (Å²) in [6.45, 7) is 0.302. The number of carbonyl (C=O) groups is 3. The number of nitrogens with zero attached hydrogens (tertiary/aromatic N) is 1. The van der Waals surface area contributed by atoms with E-state index in [9.17, 15) is 14.4 Å². The third-order valence-electron chi connectivity index (χ3n) is 3.87. The molecule has 1 unspecified atom stereocenters. The molecule has 1 saturated heterocycles. The SMILES string of the molecule is O=C1CCC(N2Cc3ccc(C#CC(O)O)cc3C2=O)C(=O)N1. The maximum Gasteiger partial charge on any atom is 0.255 e. The predicted molar refractivity (Wildman–Crippen MR) is 77.6 cm³/mol. The van der Waals surface area contributed by atoms with Crippen LogP contribution in [0.25, 0.3) is 0 Å². The highest BCUT2D eigenvalue weighted by Gasteiger charge is 2.38. The molecule has 3 rings (SSSR count). The van der Waals surface area contributed by atoms with Gasteiger partial charge in [0.1, 0.15) is 6.04 Å². The largest absolute Gasteiger partial charge is 0.358 e. The van der Waals surface area contributed by atoms with Crippen LogP contribution in [0.3, 0.4) is 0 Å². The first-order chi connectivity index (χ1) is 11.0. The van der Waals surface area contributed by atoms with Gasteiger partial charge in [-0.1, -0.05) is 12.0 Å². The molecular weight excluding hydrogens is 300 g/mol. The van der Waals surface area contributed by atoms with Gasteiger partial charge in [-0.25, -0.2) is 0 Å². The third kappa shape index (κ3) is 2.95. The zero-order chi connectivity index (χ0) is 16.6. The topological polar surface area (TPSA) is 107 Å². The van der Waals surface area contributed by atoms with Crippen molar-refractivity contribution in [2.75, 3.05) is 0 Å². The number of fused-ring (bicyclic) bond motifs is 1. The van der Waals surface area contributed by atoms with Crippen LogP contribution >= 0.6 is 0 Å². The Labute approximate surface area is 131 Å². The fourth-order valence-corrected chi connectivity index (χ4v) is 2.78. The van der Waals surface area contributed by atoms with E-state index in [0.29, 0.717) is 24.1 Å². The molecule has 0 spiro atoms. The number of amides is 3. The highest BCUT2D eigenvalue weighted by atomic mass is 16.5. The summed E-state index contributed by atoms with van der Waals surface area (Å²) in [6, 6.07) is 4.32. The van der Waals surface area contributed by atoms with Gasteiger partial charge in [-0.3, -0.25) is 19.7 Å². The monoisotopic (exact) mass is 314 g/mol. The number of nitrogens with one attached hydrogen (secondary N) is 1. The fourth-order valence-electron chi connectivity index (χ4n) is 2.78. The summed E-state index contributed by atoms with van der Waals surface area (Å²) in [4.78, 5) is 37.1. The molecule has 118 valence electrons. The average molecular weight is 314 g/mol. The molecule has 0 aromatic heterocycles. The van der Waals surface area contributed by atoms with Gasteiger partial charge in [0.2, 0.25) is 18.1 Å². The first-order valence-corrected chi connectivity index (χ1v) is 7.11. The van der Waals surface area contributed by atoms with Crippen LogP contribution in [0.1, 0.15) is 34.3 Å². The highest BCUT2D eigenvalue weighted by molar-refractivity contribution is 6.05. The molecule has 2 heterocycles. The summed E-state index contributed by atoms with van der Waals surface area (Å²) in [5.41, 5.74) is 1.69. The van der Waals surface area contributed by atoms with Gasteiger partial charge in [0.15, 0.2) is 0 Å². The smallest absolute Gasteiger partial charge is 0.255 e. The van der Waals surface area contributed by atoms with Gasteiger partial charge in [0.05, 0.1) is 0 Å². The average Bonchev–Trinajstić information content (AvgIpc) is 2.82. The Morgan fingerprint density at radius 3 is 2.74 bits per heavy atom. The molecule has 3 amide bonds. The van der Waals surface area contributed by atoms with E-state index >= 15 is 0 Å². The third-order valence-corrected chi connectivity index (χ3v) is 3.87. The summed E-state index contributed by atoms with van der Waals surface area (Å²) in [5.74, 6) is 3.68. The molecule has 0 radical (unpaired) electrons. The fraction of sp³-hybridized carbons (Fsp3) is 0.312. The van der Waals surface area contributed by atoms with E-state index < -0.39 is 18.2 Å². The van der Waals surface area contributed by atoms with Gasteiger partial charge in [0.25, 0.3) is 5.91 Å². The minimum Gasteiger partial charge on any atom is -0.358 e. The normalized spacial score (nSPS) is 20.2.